The van der Waals surface area contributed by atoms with E-state index in [1.165, 1.54) is 0 Å². The van der Waals surface area contributed by atoms with Gasteiger partial charge >= 0.3 is 0 Å². The highest BCUT2D eigenvalue weighted by Crippen LogP contribution is 2.33. The highest BCUT2D eigenvalue weighted by atomic mass is 16.7. The SMILES string of the molecule is CC(=NN=C(C)c1ccc2c(c1)OCO2)c1ccc2c(c1)OCO2. The number of rotatable bonds is 3. The van der Waals surface area contributed by atoms with E-state index in [1.807, 2.05) is 50.2 Å². The molecule has 2 aromatic rings. The molecule has 0 amide bonds. The first-order chi connectivity index (χ1) is 11.7. The second-order valence-electron chi connectivity index (χ2n) is 5.51. The van der Waals surface area contributed by atoms with Crippen LogP contribution in [0.15, 0.2) is 46.6 Å². The monoisotopic (exact) mass is 324 g/mol. The Morgan fingerprint density at radius 2 is 1.08 bits per heavy atom. The van der Waals surface area contributed by atoms with Crippen LogP contribution in [-0.2, 0) is 0 Å². The average molecular weight is 324 g/mol. The van der Waals surface area contributed by atoms with Crippen molar-refractivity contribution < 1.29 is 18.9 Å². The Morgan fingerprint density at radius 3 is 1.54 bits per heavy atom. The fourth-order valence-electron chi connectivity index (χ4n) is 2.51. The summed E-state index contributed by atoms with van der Waals surface area (Å²) >= 11 is 0. The van der Waals surface area contributed by atoms with Gasteiger partial charge in [0.05, 0.1) is 11.4 Å². The number of hydrogen-bond acceptors (Lipinski definition) is 6. The van der Waals surface area contributed by atoms with Crippen molar-refractivity contribution in [2.45, 2.75) is 13.8 Å². The first-order valence-electron chi connectivity index (χ1n) is 7.59. The van der Waals surface area contributed by atoms with Crippen molar-refractivity contribution in [3.05, 3.63) is 47.5 Å². The van der Waals surface area contributed by atoms with Gasteiger partial charge in [-0.2, -0.15) is 10.2 Å². The van der Waals surface area contributed by atoms with Gasteiger partial charge in [0.2, 0.25) is 13.6 Å². The van der Waals surface area contributed by atoms with Crippen molar-refractivity contribution in [1.29, 1.82) is 0 Å². The molecule has 0 spiro atoms. The normalized spacial score (nSPS) is 15.8. The zero-order chi connectivity index (χ0) is 16.5. The Labute approximate surface area is 139 Å². The molecule has 0 unspecified atom stereocenters. The standard InChI is InChI=1S/C18H16N2O4/c1-11(13-3-5-15-17(7-13)23-9-21-15)19-20-12(2)14-4-6-16-18(8-14)24-10-22-16/h3-8H,9-10H2,1-2H3. The van der Waals surface area contributed by atoms with E-state index in [0.717, 1.165) is 45.5 Å². The maximum atomic E-state index is 5.39. The molecule has 2 aliphatic heterocycles. The van der Waals surface area contributed by atoms with E-state index < -0.39 is 0 Å². The summed E-state index contributed by atoms with van der Waals surface area (Å²) in [5.41, 5.74) is 3.49. The lowest BCUT2D eigenvalue weighted by Gasteiger charge is -2.03. The highest BCUT2D eigenvalue weighted by molar-refractivity contribution is 6.02. The van der Waals surface area contributed by atoms with Gasteiger partial charge in [0, 0.05) is 11.1 Å². The summed E-state index contributed by atoms with van der Waals surface area (Å²) in [7, 11) is 0. The van der Waals surface area contributed by atoms with Gasteiger partial charge in [-0.15, -0.1) is 0 Å². The van der Waals surface area contributed by atoms with Crippen molar-refractivity contribution in [3.63, 3.8) is 0 Å². The highest BCUT2D eigenvalue weighted by Gasteiger charge is 2.15. The third-order valence-electron chi connectivity index (χ3n) is 3.93. The van der Waals surface area contributed by atoms with Crippen LogP contribution in [0.3, 0.4) is 0 Å². The van der Waals surface area contributed by atoms with Crippen molar-refractivity contribution in [2.24, 2.45) is 10.2 Å². The van der Waals surface area contributed by atoms with Gasteiger partial charge in [0.1, 0.15) is 0 Å². The van der Waals surface area contributed by atoms with Crippen LogP contribution >= 0.6 is 0 Å². The lowest BCUT2D eigenvalue weighted by molar-refractivity contribution is 0.173. The second kappa shape index (κ2) is 5.88. The van der Waals surface area contributed by atoms with Crippen molar-refractivity contribution >= 4 is 11.4 Å². The van der Waals surface area contributed by atoms with E-state index >= 15 is 0 Å². The molecule has 0 saturated heterocycles. The molecule has 2 aromatic carbocycles. The molecule has 0 radical (unpaired) electrons. The minimum atomic E-state index is 0.260. The van der Waals surface area contributed by atoms with Crippen molar-refractivity contribution in [1.82, 2.24) is 0 Å². The molecule has 0 fully saturated rings. The summed E-state index contributed by atoms with van der Waals surface area (Å²) < 4.78 is 21.4. The summed E-state index contributed by atoms with van der Waals surface area (Å²) in [5.74, 6) is 2.98. The lowest BCUT2D eigenvalue weighted by atomic mass is 10.1. The smallest absolute Gasteiger partial charge is 0.231 e. The second-order valence-corrected chi connectivity index (χ2v) is 5.51. The average Bonchev–Trinajstić information content (AvgIpc) is 3.26. The summed E-state index contributed by atoms with van der Waals surface area (Å²) in [6, 6.07) is 11.5. The summed E-state index contributed by atoms with van der Waals surface area (Å²) in [6.07, 6.45) is 0. The maximum Gasteiger partial charge on any atom is 0.231 e. The quantitative estimate of drug-likeness (QED) is 0.641. The van der Waals surface area contributed by atoms with Gasteiger partial charge in [-0.05, 0) is 50.2 Å². The first kappa shape index (κ1) is 14.6. The van der Waals surface area contributed by atoms with Crippen LogP contribution in [0.1, 0.15) is 25.0 Å². The van der Waals surface area contributed by atoms with E-state index in [1.54, 1.807) is 0 Å². The summed E-state index contributed by atoms with van der Waals surface area (Å²) in [6.45, 7) is 4.34. The first-order valence-corrected chi connectivity index (χ1v) is 7.59. The van der Waals surface area contributed by atoms with E-state index in [4.69, 9.17) is 18.9 Å². The van der Waals surface area contributed by atoms with Gasteiger partial charge in [-0.1, -0.05) is 0 Å². The molecular formula is C18H16N2O4. The van der Waals surface area contributed by atoms with Crippen molar-refractivity contribution in [2.75, 3.05) is 13.6 Å². The number of fused-ring (bicyclic) bond motifs is 2. The molecule has 0 N–H and O–H groups in total. The number of ether oxygens (including phenoxy) is 4. The zero-order valence-electron chi connectivity index (χ0n) is 13.4. The fourth-order valence-corrected chi connectivity index (χ4v) is 2.51. The van der Waals surface area contributed by atoms with Gasteiger partial charge in [0.25, 0.3) is 0 Å². The molecule has 0 aromatic heterocycles. The third-order valence-corrected chi connectivity index (χ3v) is 3.93. The molecule has 6 nitrogen and oxygen atoms in total. The minimum Gasteiger partial charge on any atom is -0.454 e. The Kier molecular flexibility index (Phi) is 3.57. The van der Waals surface area contributed by atoms with Crippen LogP contribution in [0.4, 0.5) is 0 Å². The van der Waals surface area contributed by atoms with Crippen LogP contribution in [0.2, 0.25) is 0 Å². The van der Waals surface area contributed by atoms with E-state index in [2.05, 4.69) is 10.2 Å². The number of hydrogen-bond donors (Lipinski definition) is 0. The van der Waals surface area contributed by atoms with E-state index in [9.17, 15) is 0 Å². The Hall–Kier alpha value is -3.02. The molecule has 6 heteroatoms. The number of benzene rings is 2. The minimum absolute atomic E-state index is 0.260. The van der Waals surface area contributed by atoms with Crippen LogP contribution in [-0.4, -0.2) is 25.0 Å². The van der Waals surface area contributed by atoms with Gasteiger partial charge < -0.3 is 18.9 Å². The third kappa shape index (κ3) is 2.67. The number of nitrogens with zero attached hydrogens (tertiary/aromatic N) is 2. The molecule has 122 valence electrons. The zero-order valence-corrected chi connectivity index (χ0v) is 13.4. The Bertz CT molecular complexity index is 787. The van der Waals surface area contributed by atoms with Crippen LogP contribution in [0, 0.1) is 0 Å². The Balaban J connectivity index is 1.57. The molecule has 0 aliphatic carbocycles. The van der Waals surface area contributed by atoms with Crippen LogP contribution in [0.5, 0.6) is 23.0 Å². The van der Waals surface area contributed by atoms with Gasteiger partial charge in [0.15, 0.2) is 23.0 Å². The molecular weight excluding hydrogens is 308 g/mol. The summed E-state index contributed by atoms with van der Waals surface area (Å²) in [5, 5.41) is 8.65. The van der Waals surface area contributed by atoms with Crippen LogP contribution in [0.25, 0.3) is 0 Å². The van der Waals surface area contributed by atoms with Crippen molar-refractivity contribution in [3.8, 4) is 23.0 Å². The molecule has 4 rings (SSSR count). The molecule has 0 bridgehead atoms. The predicted octanol–water partition coefficient (Wildman–Crippen LogP) is 3.38. The predicted molar refractivity (Wildman–Crippen MR) is 89.6 cm³/mol. The Morgan fingerprint density at radius 1 is 0.667 bits per heavy atom. The van der Waals surface area contributed by atoms with E-state index in [-0.39, 0.29) is 13.6 Å². The maximum absolute atomic E-state index is 5.39. The van der Waals surface area contributed by atoms with Gasteiger partial charge in [-0.25, -0.2) is 0 Å². The summed E-state index contributed by atoms with van der Waals surface area (Å²) in [4.78, 5) is 0. The van der Waals surface area contributed by atoms with Crippen LogP contribution < -0.4 is 18.9 Å². The molecule has 24 heavy (non-hydrogen) atoms. The molecule has 0 atom stereocenters. The largest absolute Gasteiger partial charge is 0.454 e. The van der Waals surface area contributed by atoms with E-state index in [0.29, 0.717) is 0 Å². The molecule has 2 aliphatic rings. The fraction of sp³-hybridized carbons (Fsp3) is 0.222. The molecule has 2 heterocycles. The topological polar surface area (TPSA) is 61.6 Å². The molecule has 0 saturated carbocycles. The lowest BCUT2D eigenvalue weighted by Crippen LogP contribution is -1.97. The van der Waals surface area contributed by atoms with Gasteiger partial charge in [-0.3, -0.25) is 0 Å².